The molecule has 0 atom stereocenters. The van der Waals surface area contributed by atoms with Crippen LogP contribution in [0.1, 0.15) is 18.1 Å². The molecule has 0 unspecified atom stereocenters. The zero-order valence-electron chi connectivity index (χ0n) is 12.6. The fraction of sp³-hybridized carbons (Fsp3) is 0.294. The van der Waals surface area contributed by atoms with Crippen LogP contribution in [0.2, 0.25) is 0 Å². The van der Waals surface area contributed by atoms with Gasteiger partial charge in [-0.1, -0.05) is 31.2 Å². The second-order valence-electron chi connectivity index (χ2n) is 4.90. The molecule has 0 bridgehead atoms. The van der Waals surface area contributed by atoms with Crippen LogP contribution in [-0.2, 0) is 13.1 Å². The van der Waals surface area contributed by atoms with Crippen LogP contribution in [-0.4, -0.2) is 18.6 Å². The Hall–Kier alpha value is -1.71. The predicted octanol–water partition coefficient (Wildman–Crippen LogP) is 3.72. The van der Waals surface area contributed by atoms with Crippen LogP contribution in [0.25, 0.3) is 0 Å². The monoisotopic (exact) mass is 306 g/mol. The first-order chi connectivity index (χ1) is 9.71. The molecule has 3 nitrogen and oxygen atoms in total. The molecule has 21 heavy (non-hydrogen) atoms. The van der Waals surface area contributed by atoms with E-state index < -0.39 is 0 Å². The van der Waals surface area contributed by atoms with Crippen molar-refractivity contribution in [3.8, 4) is 5.75 Å². The Morgan fingerprint density at radius 1 is 1.00 bits per heavy atom. The molecule has 0 radical (unpaired) electrons. The van der Waals surface area contributed by atoms with E-state index in [1.54, 1.807) is 7.11 Å². The van der Waals surface area contributed by atoms with Crippen molar-refractivity contribution < 1.29 is 4.74 Å². The van der Waals surface area contributed by atoms with E-state index in [-0.39, 0.29) is 12.4 Å². The molecule has 0 saturated heterocycles. The van der Waals surface area contributed by atoms with Gasteiger partial charge in [0, 0.05) is 18.8 Å². The van der Waals surface area contributed by atoms with Gasteiger partial charge in [-0.25, -0.2) is 0 Å². The number of benzene rings is 2. The first-order valence-corrected chi connectivity index (χ1v) is 6.91. The van der Waals surface area contributed by atoms with Crippen LogP contribution in [0.4, 0.5) is 5.69 Å². The Kier molecular flexibility index (Phi) is 7.06. The zero-order chi connectivity index (χ0) is 14.4. The van der Waals surface area contributed by atoms with Gasteiger partial charge in [-0.2, -0.15) is 0 Å². The molecule has 114 valence electrons. The maximum Gasteiger partial charge on any atom is 0.118 e. The molecule has 0 amide bonds. The lowest BCUT2D eigenvalue weighted by Gasteiger charge is -2.21. The number of hydrogen-bond donors (Lipinski definition) is 1. The first kappa shape index (κ1) is 17.3. The van der Waals surface area contributed by atoms with Crippen molar-refractivity contribution in [1.29, 1.82) is 0 Å². The van der Waals surface area contributed by atoms with Crippen LogP contribution >= 0.6 is 12.4 Å². The molecule has 2 aromatic carbocycles. The van der Waals surface area contributed by atoms with E-state index in [0.29, 0.717) is 0 Å². The number of methoxy groups -OCH3 is 1. The average Bonchev–Trinajstić information content (AvgIpc) is 2.47. The SMILES string of the molecule is CCN(Cc1ccc(OC)cc1)Cc1cccc(N)c1.Cl. The highest BCUT2D eigenvalue weighted by atomic mass is 35.5. The Morgan fingerprint density at radius 2 is 1.67 bits per heavy atom. The molecular weight excluding hydrogens is 284 g/mol. The Balaban J connectivity index is 0.00000220. The van der Waals surface area contributed by atoms with Crippen molar-refractivity contribution in [2.75, 3.05) is 19.4 Å². The van der Waals surface area contributed by atoms with Gasteiger partial charge in [0.15, 0.2) is 0 Å². The summed E-state index contributed by atoms with van der Waals surface area (Å²) in [7, 11) is 1.69. The van der Waals surface area contributed by atoms with Gasteiger partial charge in [0.25, 0.3) is 0 Å². The first-order valence-electron chi connectivity index (χ1n) is 6.91. The molecule has 2 N–H and O–H groups in total. The Morgan fingerprint density at radius 3 is 2.24 bits per heavy atom. The highest BCUT2D eigenvalue weighted by Crippen LogP contribution is 2.15. The molecule has 2 aromatic rings. The number of ether oxygens (including phenoxy) is 1. The van der Waals surface area contributed by atoms with Crippen molar-refractivity contribution >= 4 is 18.1 Å². The molecule has 0 aliphatic rings. The summed E-state index contributed by atoms with van der Waals surface area (Å²) < 4.78 is 5.18. The van der Waals surface area contributed by atoms with E-state index in [1.165, 1.54) is 11.1 Å². The summed E-state index contributed by atoms with van der Waals surface area (Å²) in [6.45, 7) is 5.01. The highest BCUT2D eigenvalue weighted by molar-refractivity contribution is 5.85. The zero-order valence-corrected chi connectivity index (χ0v) is 13.4. The summed E-state index contributed by atoms with van der Waals surface area (Å²) in [5, 5.41) is 0. The van der Waals surface area contributed by atoms with Crippen LogP contribution in [0, 0.1) is 0 Å². The minimum absolute atomic E-state index is 0. The predicted molar refractivity (Wildman–Crippen MR) is 90.9 cm³/mol. The summed E-state index contributed by atoms with van der Waals surface area (Å²) in [5.74, 6) is 0.896. The van der Waals surface area contributed by atoms with E-state index in [9.17, 15) is 0 Å². The molecule has 0 aliphatic heterocycles. The highest BCUT2D eigenvalue weighted by Gasteiger charge is 2.05. The minimum atomic E-state index is 0. The van der Waals surface area contributed by atoms with Crippen molar-refractivity contribution in [1.82, 2.24) is 4.90 Å². The van der Waals surface area contributed by atoms with E-state index in [1.807, 2.05) is 30.3 Å². The number of hydrogen-bond acceptors (Lipinski definition) is 3. The molecule has 2 rings (SSSR count). The van der Waals surface area contributed by atoms with Gasteiger partial charge in [-0.15, -0.1) is 12.4 Å². The van der Waals surface area contributed by atoms with Gasteiger partial charge in [0.05, 0.1) is 7.11 Å². The Bertz CT molecular complexity index is 543. The third-order valence-corrected chi connectivity index (χ3v) is 3.37. The van der Waals surface area contributed by atoms with Crippen LogP contribution in [0.5, 0.6) is 5.75 Å². The summed E-state index contributed by atoms with van der Waals surface area (Å²) in [4.78, 5) is 2.39. The second kappa shape index (κ2) is 8.55. The normalized spacial score (nSPS) is 10.2. The summed E-state index contributed by atoms with van der Waals surface area (Å²) in [5.41, 5.74) is 9.19. The number of nitrogens with two attached hydrogens (primary N) is 1. The largest absolute Gasteiger partial charge is 0.497 e. The third kappa shape index (κ3) is 5.29. The summed E-state index contributed by atoms with van der Waals surface area (Å²) >= 11 is 0. The van der Waals surface area contributed by atoms with Gasteiger partial charge in [-0.3, -0.25) is 4.90 Å². The van der Waals surface area contributed by atoms with E-state index >= 15 is 0 Å². The maximum absolute atomic E-state index is 5.83. The van der Waals surface area contributed by atoms with E-state index in [2.05, 4.69) is 30.0 Å². The quantitative estimate of drug-likeness (QED) is 0.827. The smallest absolute Gasteiger partial charge is 0.118 e. The van der Waals surface area contributed by atoms with E-state index in [0.717, 1.165) is 31.1 Å². The fourth-order valence-electron chi connectivity index (χ4n) is 2.22. The topological polar surface area (TPSA) is 38.5 Å². The number of halogens is 1. The molecule has 0 heterocycles. The van der Waals surface area contributed by atoms with Crippen molar-refractivity contribution in [2.24, 2.45) is 0 Å². The fourth-order valence-corrected chi connectivity index (χ4v) is 2.22. The third-order valence-electron chi connectivity index (χ3n) is 3.37. The van der Waals surface area contributed by atoms with Crippen LogP contribution in [0.3, 0.4) is 0 Å². The number of anilines is 1. The average molecular weight is 307 g/mol. The summed E-state index contributed by atoms with van der Waals surface area (Å²) in [6.07, 6.45) is 0. The lowest BCUT2D eigenvalue weighted by molar-refractivity contribution is 0.271. The van der Waals surface area contributed by atoms with Crippen molar-refractivity contribution in [3.63, 3.8) is 0 Å². The molecule has 0 aliphatic carbocycles. The summed E-state index contributed by atoms with van der Waals surface area (Å²) in [6, 6.07) is 16.3. The van der Waals surface area contributed by atoms with Crippen LogP contribution < -0.4 is 10.5 Å². The maximum atomic E-state index is 5.83. The molecule has 4 heteroatoms. The number of nitrogens with zero attached hydrogens (tertiary/aromatic N) is 1. The lowest BCUT2D eigenvalue weighted by atomic mass is 10.1. The van der Waals surface area contributed by atoms with Crippen molar-refractivity contribution in [3.05, 3.63) is 59.7 Å². The standard InChI is InChI=1S/C17H22N2O.ClH/c1-3-19(13-15-5-4-6-16(18)11-15)12-14-7-9-17(20-2)10-8-14;/h4-11H,3,12-13,18H2,1-2H3;1H. The molecule has 0 saturated carbocycles. The van der Waals surface area contributed by atoms with Gasteiger partial charge in [0.2, 0.25) is 0 Å². The van der Waals surface area contributed by atoms with Gasteiger partial charge in [-0.05, 0) is 41.9 Å². The molecule has 0 fully saturated rings. The number of nitrogen functional groups attached to an aromatic ring is 1. The molecule has 0 spiro atoms. The van der Waals surface area contributed by atoms with Crippen LogP contribution in [0.15, 0.2) is 48.5 Å². The lowest BCUT2D eigenvalue weighted by Crippen LogP contribution is -2.22. The van der Waals surface area contributed by atoms with E-state index in [4.69, 9.17) is 10.5 Å². The minimum Gasteiger partial charge on any atom is -0.497 e. The molecular formula is C17H23ClN2O. The number of rotatable bonds is 6. The van der Waals surface area contributed by atoms with Gasteiger partial charge in [0.1, 0.15) is 5.75 Å². The molecule has 0 aromatic heterocycles. The van der Waals surface area contributed by atoms with Gasteiger partial charge < -0.3 is 10.5 Å². The van der Waals surface area contributed by atoms with Gasteiger partial charge >= 0.3 is 0 Å². The Labute approximate surface area is 133 Å². The van der Waals surface area contributed by atoms with Crippen molar-refractivity contribution in [2.45, 2.75) is 20.0 Å². The second-order valence-corrected chi connectivity index (χ2v) is 4.90.